The van der Waals surface area contributed by atoms with Crippen LogP contribution in [0.2, 0.25) is 0 Å². The quantitative estimate of drug-likeness (QED) is 0.617. The van der Waals surface area contributed by atoms with Gasteiger partial charge in [0.15, 0.2) is 10.1 Å². The molecule has 1 aliphatic carbocycles. The summed E-state index contributed by atoms with van der Waals surface area (Å²) in [6.07, 6.45) is 5.99. The van der Waals surface area contributed by atoms with Crippen molar-refractivity contribution in [1.82, 2.24) is 0 Å². The molecule has 0 spiro atoms. The van der Waals surface area contributed by atoms with E-state index in [0.717, 1.165) is 11.1 Å². The van der Waals surface area contributed by atoms with Crippen LogP contribution in [-0.4, -0.2) is 10.8 Å². The summed E-state index contributed by atoms with van der Waals surface area (Å²) in [6, 6.07) is 6.91. The second-order valence-corrected chi connectivity index (χ2v) is 6.20. The highest BCUT2D eigenvalue weighted by Gasteiger charge is 2.62. The maximum atomic E-state index is 13.2. The molecule has 0 amide bonds. The highest BCUT2D eigenvalue weighted by Crippen LogP contribution is 2.50. The lowest BCUT2D eigenvalue weighted by atomic mass is 9.98. The molecule has 0 saturated heterocycles. The fourth-order valence-corrected chi connectivity index (χ4v) is 4.72. The third-order valence-electron chi connectivity index (χ3n) is 3.08. The molecular formula is C13H10F3S+. The number of hydrogen-bond acceptors (Lipinski definition) is 0. The molecule has 0 saturated carbocycles. The van der Waals surface area contributed by atoms with E-state index >= 15 is 0 Å². The molecule has 17 heavy (non-hydrogen) atoms. The number of rotatable bonds is 0. The molecule has 1 heterocycles. The standard InChI is InChI=1S/C13H10F3S/c14-13(15,16)17-11-7-3-1-5-9(11)10-6-2-4-8-12(10)17/h1-7,12H,8H2/q+1. The molecule has 4 heteroatoms. The van der Waals surface area contributed by atoms with E-state index < -0.39 is 21.7 Å². The molecule has 2 aliphatic rings. The van der Waals surface area contributed by atoms with E-state index in [1.54, 1.807) is 24.3 Å². The van der Waals surface area contributed by atoms with Crippen LogP contribution < -0.4 is 0 Å². The summed E-state index contributed by atoms with van der Waals surface area (Å²) in [4.78, 5) is 0.458. The van der Waals surface area contributed by atoms with E-state index in [1.807, 2.05) is 18.2 Å². The average molecular weight is 255 g/mol. The lowest BCUT2D eigenvalue weighted by Gasteiger charge is -2.14. The monoisotopic (exact) mass is 255 g/mol. The maximum Gasteiger partial charge on any atom is 0.581 e. The molecule has 0 nitrogen and oxygen atoms in total. The zero-order valence-corrected chi connectivity index (χ0v) is 9.68. The molecule has 1 aromatic carbocycles. The minimum atomic E-state index is -4.14. The van der Waals surface area contributed by atoms with Gasteiger partial charge in [-0.2, -0.15) is 0 Å². The number of hydrogen-bond donors (Lipinski definition) is 0. The van der Waals surface area contributed by atoms with E-state index in [0.29, 0.717) is 11.3 Å². The molecule has 0 radical (unpaired) electrons. The highest BCUT2D eigenvalue weighted by molar-refractivity contribution is 7.99. The van der Waals surface area contributed by atoms with Crippen LogP contribution in [-0.2, 0) is 10.9 Å². The largest absolute Gasteiger partial charge is 0.581 e. The van der Waals surface area contributed by atoms with Gasteiger partial charge in [0.25, 0.3) is 0 Å². The first kappa shape index (κ1) is 11.0. The van der Waals surface area contributed by atoms with Crippen molar-refractivity contribution in [3.8, 4) is 0 Å². The Hall–Kier alpha value is -1.16. The van der Waals surface area contributed by atoms with E-state index in [4.69, 9.17) is 0 Å². The van der Waals surface area contributed by atoms with Crippen molar-refractivity contribution in [1.29, 1.82) is 0 Å². The van der Waals surface area contributed by atoms with Gasteiger partial charge in [-0.1, -0.05) is 30.4 Å². The van der Waals surface area contributed by atoms with Crippen molar-refractivity contribution in [3.63, 3.8) is 0 Å². The minimum Gasteiger partial charge on any atom is -0.122 e. The summed E-state index contributed by atoms with van der Waals surface area (Å²) in [5.74, 6) is 0. The van der Waals surface area contributed by atoms with Gasteiger partial charge < -0.3 is 0 Å². The Bertz CT molecular complexity index is 514. The molecule has 3 rings (SSSR count). The predicted molar refractivity (Wildman–Crippen MR) is 63.7 cm³/mol. The van der Waals surface area contributed by atoms with E-state index in [1.165, 1.54) is 0 Å². The number of allylic oxidation sites excluding steroid dienone is 3. The van der Waals surface area contributed by atoms with Crippen LogP contribution in [0.4, 0.5) is 13.2 Å². The molecule has 0 N–H and O–H groups in total. The summed E-state index contributed by atoms with van der Waals surface area (Å²) in [6.45, 7) is 0. The fourth-order valence-electron chi connectivity index (χ4n) is 2.43. The second-order valence-electron chi connectivity index (χ2n) is 4.05. The van der Waals surface area contributed by atoms with Crippen LogP contribution in [0, 0.1) is 0 Å². The smallest absolute Gasteiger partial charge is 0.122 e. The highest BCUT2D eigenvalue weighted by atomic mass is 32.2. The molecule has 1 aromatic rings. The van der Waals surface area contributed by atoms with Crippen LogP contribution in [0.15, 0.2) is 47.4 Å². The first-order valence-corrected chi connectivity index (χ1v) is 6.64. The topological polar surface area (TPSA) is 0 Å². The van der Waals surface area contributed by atoms with Crippen LogP contribution in [0.5, 0.6) is 0 Å². The average Bonchev–Trinajstić information content (AvgIpc) is 2.63. The van der Waals surface area contributed by atoms with Gasteiger partial charge in [0, 0.05) is 17.6 Å². The van der Waals surface area contributed by atoms with Crippen molar-refractivity contribution in [3.05, 3.63) is 48.1 Å². The van der Waals surface area contributed by atoms with Crippen LogP contribution in [0.1, 0.15) is 12.0 Å². The van der Waals surface area contributed by atoms with Crippen molar-refractivity contribution >= 4 is 16.5 Å². The third-order valence-corrected chi connectivity index (χ3v) is 5.42. The first-order valence-electron chi connectivity index (χ1n) is 5.35. The zero-order chi connectivity index (χ0) is 12.0. The molecule has 0 fully saturated rings. The number of alkyl halides is 3. The summed E-state index contributed by atoms with van der Waals surface area (Å²) >= 11 is 0. The van der Waals surface area contributed by atoms with Crippen LogP contribution in [0.3, 0.4) is 0 Å². The zero-order valence-electron chi connectivity index (χ0n) is 8.87. The lowest BCUT2D eigenvalue weighted by Crippen LogP contribution is -2.31. The summed E-state index contributed by atoms with van der Waals surface area (Å²) in [5, 5.41) is -0.405. The summed E-state index contributed by atoms with van der Waals surface area (Å²) in [5.41, 5.74) is -2.51. The third kappa shape index (κ3) is 1.62. The Morgan fingerprint density at radius 1 is 1.18 bits per heavy atom. The summed E-state index contributed by atoms with van der Waals surface area (Å²) < 4.78 is 39.5. The van der Waals surface area contributed by atoms with Crippen molar-refractivity contribution < 1.29 is 13.2 Å². The van der Waals surface area contributed by atoms with Gasteiger partial charge in [-0.05, 0) is 12.1 Å². The Kier molecular flexibility index (Phi) is 2.36. The van der Waals surface area contributed by atoms with Gasteiger partial charge in [-0.25, -0.2) is 0 Å². The van der Waals surface area contributed by atoms with E-state index in [9.17, 15) is 13.2 Å². The van der Waals surface area contributed by atoms with Crippen molar-refractivity contribution in [2.24, 2.45) is 0 Å². The van der Waals surface area contributed by atoms with Gasteiger partial charge >= 0.3 is 5.51 Å². The normalized spacial score (nSPS) is 26.4. The van der Waals surface area contributed by atoms with Gasteiger partial charge in [0.2, 0.25) is 0 Å². The number of fused-ring (bicyclic) bond motifs is 3. The Labute approximate surface area is 100 Å². The van der Waals surface area contributed by atoms with Gasteiger partial charge in [0.05, 0.1) is 0 Å². The predicted octanol–water partition coefficient (Wildman–Crippen LogP) is 3.91. The Morgan fingerprint density at radius 3 is 2.71 bits per heavy atom. The second kappa shape index (κ2) is 3.67. The molecule has 0 bridgehead atoms. The van der Waals surface area contributed by atoms with E-state index in [-0.39, 0.29) is 0 Å². The van der Waals surface area contributed by atoms with Gasteiger partial charge in [-0.3, -0.25) is 0 Å². The molecule has 0 aromatic heterocycles. The Morgan fingerprint density at radius 2 is 1.94 bits per heavy atom. The van der Waals surface area contributed by atoms with Crippen LogP contribution in [0.25, 0.3) is 5.57 Å². The van der Waals surface area contributed by atoms with Crippen molar-refractivity contribution in [2.75, 3.05) is 0 Å². The van der Waals surface area contributed by atoms with Crippen LogP contribution >= 0.6 is 0 Å². The molecule has 88 valence electrons. The molecular weight excluding hydrogens is 245 g/mol. The molecule has 1 aliphatic heterocycles. The summed E-state index contributed by atoms with van der Waals surface area (Å²) in [7, 11) is -1.66. The molecule has 2 unspecified atom stereocenters. The molecule has 2 atom stereocenters. The first-order chi connectivity index (χ1) is 8.09. The van der Waals surface area contributed by atoms with Crippen molar-refractivity contribution in [2.45, 2.75) is 22.1 Å². The minimum absolute atomic E-state index is 0.405. The van der Waals surface area contributed by atoms with Gasteiger partial charge in [0.1, 0.15) is 10.9 Å². The van der Waals surface area contributed by atoms with Gasteiger partial charge in [-0.15, -0.1) is 13.2 Å². The number of halogens is 3. The maximum absolute atomic E-state index is 13.2. The number of benzene rings is 1. The fraction of sp³-hybridized carbons (Fsp3) is 0.231. The SMILES string of the molecule is FC(F)(F)[S+]1c2ccccc2C2=CC=CCC21. The Balaban J connectivity index is 2.19. The lowest BCUT2D eigenvalue weighted by molar-refractivity contribution is -0.0372. The van der Waals surface area contributed by atoms with E-state index in [2.05, 4.69) is 0 Å².